The number of hydrogen-bond donors (Lipinski definition) is 2. The molecule has 0 heterocycles. The van der Waals surface area contributed by atoms with Crippen LogP contribution in [0.3, 0.4) is 0 Å². The lowest BCUT2D eigenvalue weighted by Gasteiger charge is -2.08. The zero-order valence-electron chi connectivity index (χ0n) is 8.01. The molecule has 3 nitrogen and oxygen atoms in total. The second kappa shape index (κ2) is 4.60. The van der Waals surface area contributed by atoms with Gasteiger partial charge in [-0.15, -0.1) is 0 Å². The molecular weight excluding hydrogens is 183 g/mol. The first-order valence-corrected chi connectivity index (χ1v) is 4.38. The molecule has 0 aliphatic rings. The number of amides is 1. The average Bonchev–Trinajstić information content (AvgIpc) is 2.09. The third-order valence-electron chi connectivity index (χ3n) is 1.90. The molecule has 0 atom stereocenters. The fourth-order valence-electron chi connectivity index (χ4n) is 1.17. The van der Waals surface area contributed by atoms with Gasteiger partial charge in [-0.05, 0) is 18.6 Å². The van der Waals surface area contributed by atoms with Gasteiger partial charge < -0.3 is 11.1 Å². The van der Waals surface area contributed by atoms with E-state index in [0.29, 0.717) is 12.2 Å². The minimum absolute atomic E-state index is 0.202. The van der Waals surface area contributed by atoms with Gasteiger partial charge in [-0.25, -0.2) is 4.39 Å². The molecular formula is C10H13FN2O. The van der Waals surface area contributed by atoms with Crippen LogP contribution in [0.5, 0.6) is 0 Å². The van der Waals surface area contributed by atoms with E-state index in [0.717, 1.165) is 5.56 Å². The van der Waals surface area contributed by atoms with Crippen molar-refractivity contribution in [3.8, 4) is 0 Å². The van der Waals surface area contributed by atoms with Crippen LogP contribution in [0.2, 0.25) is 0 Å². The molecule has 0 fully saturated rings. The van der Waals surface area contributed by atoms with Crippen LogP contribution in [0.1, 0.15) is 12.0 Å². The molecule has 0 bridgehead atoms. The van der Waals surface area contributed by atoms with E-state index in [1.807, 2.05) is 0 Å². The maximum Gasteiger partial charge on any atom is 0.219 e. The van der Waals surface area contributed by atoms with Crippen molar-refractivity contribution < 1.29 is 9.18 Å². The quantitative estimate of drug-likeness (QED) is 0.765. The van der Waals surface area contributed by atoms with Crippen molar-refractivity contribution in [1.82, 2.24) is 0 Å². The Morgan fingerprint density at radius 2 is 2.29 bits per heavy atom. The normalized spacial score (nSPS) is 9.86. The first-order valence-electron chi connectivity index (χ1n) is 4.38. The lowest BCUT2D eigenvalue weighted by atomic mass is 10.2. The van der Waals surface area contributed by atoms with E-state index in [2.05, 4.69) is 5.32 Å². The molecule has 1 amide bonds. The van der Waals surface area contributed by atoms with E-state index in [-0.39, 0.29) is 12.2 Å². The van der Waals surface area contributed by atoms with Crippen LogP contribution in [-0.4, -0.2) is 12.5 Å². The van der Waals surface area contributed by atoms with Crippen LogP contribution >= 0.6 is 0 Å². The summed E-state index contributed by atoms with van der Waals surface area (Å²) in [7, 11) is 0. The van der Waals surface area contributed by atoms with E-state index in [4.69, 9.17) is 5.73 Å². The SMILES string of the molecule is Cc1cccc(F)c1NCCC(N)=O. The van der Waals surface area contributed by atoms with E-state index in [1.165, 1.54) is 6.07 Å². The van der Waals surface area contributed by atoms with Crippen molar-refractivity contribution in [3.05, 3.63) is 29.6 Å². The van der Waals surface area contributed by atoms with Crippen molar-refractivity contribution in [2.45, 2.75) is 13.3 Å². The maximum absolute atomic E-state index is 13.2. The fourth-order valence-corrected chi connectivity index (χ4v) is 1.17. The molecule has 1 rings (SSSR count). The predicted molar refractivity (Wildman–Crippen MR) is 53.4 cm³/mol. The number of nitrogens with two attached hydrogens (primary N) is 1. The zero-order valence-corrected chi connectivity index (χ0v) is 8.01. The number of aryl methyl sites for hydroxylation is 1. The van der Waals surface area contributed by atoms with Crippen molar-refractivity contribution >= 4 is 11.6 Å². The Balaban J connectivity index is 2.62. The number of para-hydroxylation sites is 1. The summed E-state index contributed by atoms with van der Waals surface area (Å²) in [6.45, 7) is 2.16. The number of hydrogen-bond acceptors (Lipinski definition) is 2. The Hall–Kier alpha value is -1.58. The van der Waals surface area contributed by atoms with E-state index in [9.17, 15) is 9.18 Å². The standard InChI is InChI=1S/C10H13FN2O/c1-7-3-2-4-8(11)10(7)13-6-5-9(12)14/h2-4,13H,5-6H2,1H3,(H2,12,14). The summed E-state index contributed by atoms with van der Waals surface area (Å²) in [5.74, 6) is -0.707. The third-order valence-corrected chi connectivity index (χ3v) is 1.90. The summed E-state index contributed by atoms with van der Waals surface area (Å²) in [4.78, 5) is 10.4. The fraction of sp³-hybridized carbons (Fsp3) is 0.300. The summed E-state index contributed by atoms with van der Waals surface area (Å²) < 4.78 is 13.2. The molecule has 0 saturated carbocycles. The summed E-state index contributed by atoms with van der Waals surface area (Å²) >= 11 is 0. The number of nitrogens with one attached hydrogen (secondary N) is 1. The second-order valence-electron chi connectivity index (χ2n) is 3.07. The van der Waals surface area contributed by atoms with Crippen LogP contribution in [-0.2, 0) is 4.79 Å². The van der Waals surface area contributed by atoms with Gasteiger partial charge >= 0.3 is 0 Å². The molecule has 4 heteroatoms. The summed E-state index contributed by atoms with van der Waals surface area (Å²) in [6.07, 6.45) is 0.202. The highest BCUT2D eigenvalue weighted by Gasteiger charge is 2.04. The minimum Gasteiger partial charge on any atom is -0.382 e. The molecule has 0 unspecified atom stereocenters. The molecule has 3 N–H and O–H groups in total. The zero-order chi connectivity index (χ0) is 10.6. The van der Waals surface area contributed by atoms with Crippen molar-refractivity contribution in [2.24, 2.45) is 5.73 Å². The van der Waals surface area contributed by atoms with Gasteiger partial charge in [0.25, 0.3) is 0 Å². The molecule has 0 spiro atoms. The summed E-state index contributed by atoms with van der Waals surface area (Å²) in [6, 6.07) is 4.82. The van der Waals surface area contributed by atoms with Crippen molar-refractivity contribution in [1.29, 1.82) is 0 Å². The number of benzene rings is 1. The second-order valence-corrected chi connectivity index (χ2v) is 3.07. The Kier molecular flexibility index (Phi) is 3.45. The van der Waals surface area contributed by atoms with Gasteiger partial charge in [-0.1, -0.05) is 12.1 Å². The number of anilines is 1. The van der Waals surface area contributed by atoms with Crippen molar-refractivity contribution in [3.63, 3.8) is 0 Å². The van der Waals surface area contributed by atoms with Crippen LogP contribution in [0.4, 0.5) is 10.1 Å². The van der Waals surface area contributed by atoms with Crippen molar-refractivity contribution in [2.75, 3.05) is 11.9 Å². The van der Waals surface area contributed by atoms with E-state index in [1.54, 1.807) is 19.1 Å². The third kappa shape index (κ3) is 2.73. The smallest absolute Gasteiger partial charge is 0.219 e. The Morgan fingerprint density at radius 3 is 2.86 bits per heavy atom. The predicted octanol–water partition coefficient (Wildman–Crippen LogP) is 1.42. The highest BCUT2D eigenvalue weighted by molar-refractivity contribution is 5.74. The molecule has 0 aliphatic carbocycles. The largest absolute Gasteiger partial charge is 0.382 e. The molecule has 76 valence electrons. The summed E-state index contributed by atoms with van der Waals surface area (Å²) in [5, 5.41) is 2.84. The Labute approximate surface area is 82.1 Å². The number of carbonyl (C=O) groups excluding carboxylic acids is 1. The molecule has 1 aromatic carbocycles. The topological polar surface area (TPSA) is 55.1 Å². The van der Waals surface area contributed by atoms with Crippen LogP contribution in [0.15, 0.2) is 18.2 Å². The number of rotatable bonds is 4. The van der Waals surface area contributed by atoms with E-state index >= 15 is 0 Å². The molecule has 14 heavy (non-hydrogen) atoms. The van der Waals surface area contributed by atoms with Gasteiger partial charge in [0, 0.05) is 13.0 Å². The first-order chi connectivity index (χ1) is 6.61. The van der Waals surface area contributed by atoms with Crippen LogP contribution in [0.25, 0.3) is 0 Å². The molecule has 1 aromatic rings. The van der Waals surface area contributed by atoms with Crippen LogP contribution < -0.4 is 11.1 Å². The van der Waals surface area contributed by atoms with Gasteiger partial charge in [-0.2, -0.15) is 0 Å². The maximum atomic E-state index is 13.2. The minimum atomic E-state index is -0.397. The van der Waals surface area contributed by atoms with Gasteiger partial charge in [0.2, 0.25) is 5.91 Å². The van der Waals surface area contributed by atoms with Gasteiger partial charge in [0.1, 0.15) is 5.82 Å². The monoisotopic (exact) mass is 196 g/mol. The van der Waals surface area contributed by atoms with Gasteiger partial charge in [-0.3, -0.25) is 4.79 Å². The van der Waals surface area contributed by atoms with Gasteiger partial charge in [0.15, 0.2) is 0 Å². The lowest BCUT2D eigenvalue weighted by molar-refractivity contribution is -0.117. The highest BCUT2D eigenvalue weighted by Crippen LogP contribution is 2.18. The Morgan fingerprint density at radius 1 is 1.57 bits per heavy atom. The molecule has 0 aromatic heterocycles. The number of primary amides is 1. The Bertz CT molecular complexity index is 319. The molecule has 0 radical (unpaired) electrons. The number of halogens is 1. The lowest BCUT2D eigenvalue weighted by Crippen LogP contribution is -2.16. The van der Waals surface area contributed by atoms with Gasteiger partial charge in [0.05, 0.1) is 5.69 Å². The summed E-state index contributed by atoms with van der Waals surface area (Å²) in [5.41, 5.74) is 6.21. The molecule has 0 saturated heterocycles. The molecule has 0 aliphatic heterocycles. The highest BCUT2D eigenvalue weighted by atomic mass is 19.1. The van der Waals surface area contributed by atoms with E-state index < -0.39 is 5.91 Å². The average molecular weight is 196 g/mol. The first kappa shape index (κ1) is 10.5. The number of carbonyl (C=O) groups is 1. The van der Waals surface area contributed by atoms with Crippen LogP contribution in [0, 0.1) is 12.7 Å².